The van der Waals surface area contributed by atoms with E-state index in [0.29, 0.717) is 10.6 Å². The number of carbonyl (C=O) groups is 2. The normalized spacial score (nSPS) is 10.3. The van der Waals surface area contributed by atoms with Crippen molar-refractivity contribution < 1.29 is 19.8 Å². The van der Waals surface area contributed by atoms with Crippen LogP contribution in [-0.4, -0.2) is 22.2 Å². The van der Waals surface area contributed by atoms with Crippen LogP contribution in [0, 0.1) is 0 Å². The van der Waals surface area contributed by atoms with Crippen molar-refractivity contribution in [2.45, 2.75) is 17.1 Å². The summed E-state index contributed by atoms with van der Waals surface area (Å²) in [7, 11) is 0. The van der Waals surface area contributed by atoms with Gasteiger partial charge in [-0.05, 0) is 23.3 Å². The lowest BCUT2D eigenvalue weighted by atomic mass is 10.1. The lowest BCUT2D eigenvalue weighted by Crippen LogP contribution is -2.03. The molecule has 21 heavy (non-hydrogen) atoms. The molecule has 108 valence electrons. The Morgan fingerprint density at radius 2 is 1.52 bits per heavy atom. The molecule has 0 amide bonds. The molecule has 0 aliphatic carbocycles. The van der Waals surface area contributed by atoms with Gasteiger partial charge in [0.05, 0.1) is 12.0 Å². The molecule has 0 aliphatic rings. The van der Waals surface area contributed by atoms with Crippen LogP contribution in [0.25, 0.3) is 0 Å². The van der Waals surface area contributed by atoms with Gasteiger partial charge in [-0.15, -0.1) is 11.8 Å². The highest BCUT2D eigenvalue weighted by molar-refractivity contribution is 7.98. The minimum Gasteiger partial charge on any atom is -0.481 e. The molecule has 2 N–H and O–H groups in total. The van der Waals surface area contributed by atoms with E-state index >= 15 is 0 Å². The molecule has 2 aromatic carbocycles. The number of hydrogen-bond donors (Lipinski definition) is 2. The average Bonchev–Trinajstić information content (AvgIpc) is 2.46. The van der Waals surface area contributed by atoms with Gasteiger partial charge < -0.3 is 10.2 Å². The smallest absolute Gasteiger partial charge is 0.336 e. The summed E-state index contributed by atoms with van der Waals surface area (Å²) < 4.78 is 0. The lowest BCUT2D eigenvalue weighted by molar-refractivity contribution is -0.136. The van der Waals surface area contributed by atoms with E-state index in [4.69, 9.17) is 10.2 Å². The van der Waals surface area contributed by atoms with Gasteiger partial charge in [-0.2, -0.15) is 0 Å². The van der Waals surface area contributed by atoms with Crippen molar-refractivity contribution in [1.82, 2.24) is 0 Å². The maximum atomic E-state index is 11.2. The zero-order valence-corrected chi connectivity index (χ0v) is 12.0. The van der Waals surface area contributed by atoms with Crippen LogP contribution in [0.5, 0.6) is 0 Å². The maximum Gasteiger partial charge on any atom is 0.336 e. The fraction of sp³-hybridized carbons (Fsp3) is 0.125. The molecule has 4 nitrogen and oxygen atoms in total. The molecule has 0 unspecified atom stereocenters. The van der Waals surface area contributed by atoms with Crippen LogP contribution < -0.4 is 0 Å². The zero-order chi connectivity index (χ0) is 15.2. The maximum absolute atomic E-state index is 11.2. The Bertz CT molecular complexity index is 667. The van der Waals surface area contributed by atoms with E-state index in [1.165, 1.54) is 11.8 Å². The molecule has 0 fully saturated rings. The SMILES string of the molecule is O=C(O)Cc1ccccc1CSc1ccccc1C(=O)O. The van der Waals surface area contributed by atoms with Gasteiger partial charge in [0.2, 0.25) is 0 Å². The number of carboxylic acids is 2. The van der Waals surface area contributed by atoms with E-state index in [-0.39, 0.29) is 12.0 Å². The number of aromatic carboxylic acids is 1. The molecule has 0 aromatic heterocycles. The summed E-state index contributed by atoms with van der Waals surface area (Å²) in [5, 5.41) is 18.1. The number of carboxylic acid groups (broad SMARTS) is 2. The Morgan fingerprint density at radius 1 is 0.905 bits per heavy atom. The molecule has 2 aromatic rings. The van der Waals surface area contributed by atoms with Crippen LogP contribution in [0.15, 0.2) is 53.4 Å². The van der Waals surface area contributed by atoms with E-state index in [9.17, 15) is 9.59 Å². The topological polar surface area (TPSA) is 74.6 Å². The first-order valence-electron chi connectivity index (χ1n) is 6.31. The van der Waals surface area contributed by atoms with E-state index in [1.54, 1.807) is 36.4 Å². The van der Waals surface area contributed by atoms with Crippen LogP contribution in [-0.2, 0) is 17.0 Å². The third kappa shape index (κ3) is 4.10. The summed E-state index contributed by atoms with van der Waals surface area (Å²) >= 11 is 1.40. The molecule has 0 radical (unpaired) electrons. The Hall–Kier alpha value is -2.27. The highest BCUT2D eigenvalue weighted by Crippen LogP contribution is 2.27. The molecule has 2 rings (SSSR count). The highest BCUT2D eigenvalue weighted by atomic mass is 32.2. The first-order chi connectivity index (χ1) is 10.1. The minimum absolute atomic E-state index is 0.0304. The quantitative estimate of drug-likeness (QED) is 0.801. The van der Waals surface area contributed by atoms with Gasteiger partial charge in [0.1, 0.15) is 0 Å². The number of rotatable bonds is 6. The fourth-order valence-corrected chi connectivity index (χ4v) is 3.04. The lowest BCUT2D eigenvalue weighted by Gasteiger charge is -2.09. The summed E-state index contributed by atoms with van der Waals surface area (Å²) in [6.45, 7) is 0. The summed E-state index contributed by atoms with van der Waals surface area (Å²) in [6.07, 6.45) is -0.0304. The monoisotopic (exact) mass is 302 g/mol. The van der Waals surface area contributed by atoms with Crippen LogP contribution in [0.2, 0.25) is 0 Å². The number of benzene rings is 2. The predicted octanol–water partition coefficient (Wildman–Crippen LogP) is 3.30. The van der Waals surface area contributed by atoms with Crippen molar-refractivity contribution >= 4 is 23.7 Å². The fourth-order valence-electron chi connectivity index (χ4n) is 1.96. The second kappa shape index (κ2) is 6.95. The standard InChI is InChI=1S/C16H14O4S/c17-15(18)9-11-5-1-2-6-12(11)10-21-14-8-4-3-7-13(14)16(19)20/h1-8H,9-10H2,(H,17,18)(H,19,20). The van der Waals surface area contributed by atoms with Crippen molar-refractivity contribution in [2.75, 3.05) is 0 Å². The summed E-state index contributed by atoms with van der Waals surface area (Å²) in [5.74, 6) is -1.30. The summed E-state index contributed by atoms with van der Waals surface area (Å²) in [4.78, 5) is 22.7. The van der Waals surface area contributed by atoms with Gasteiger partial charge in [0, 0.05) is 10.6 Å². The Kier molecular flexibility index (Phi) is 5.00. The largest absolute Gasteiger partial charge is 0.481 e. The summed E-state index contributed by atoms with van der Waals surface area (Å²) in [5.41, 5.74) is 1.92. The number of aliphatic carboxylic acids is 1. The third-order valence-electron chi connectivity index (χ3n) is 2.96. The van der Waals surface area contributed by atoms with Gasteiger partial charge in [-0.3, -0.25) is 4.79 Å². The van der Waals surface area contributed by atoms with Crippen molar-refractivity contribution in [1.29, 1.82) is 0 Å². The Balaban J connectivity index is 2.17. The summed E-state index contributed by atoms with van der Waals surface area (Å²) in [6, 6.07) is 14.1. The zero-order valence-electron chi connectivity index (χ0n) is 11.2. The highest BCUT2D eigenvalue weighted by Gasteiger charge is 2.11. The third-order valence-corrected chi connectivity index (χ3v) is 4.08. The second-order valence-corrected chi connectivity index (χ2v) is 5.45. The second-order valence-electron chi connectivity index (χ2n) is 4.43. The van der Waals surface area contributed by atoms with Crippen molar-refractivity contribution in [3.8, 4) is 0 Å². The van der Waals surface area contributed by atoms with E-state index in [2.05, 4.69) is 0 Å². The average molecular weight is 302 g/mol. The molecule has 5 heteroatoms. The molecule has 0 atom stereocenters. The van der Waals surface area contributed by atoms with Crippen LogP contribution in [0.4, 0.5) is 0 Å². The molecule has 0 spiro atoms. The van der Waals surface area contributed by atoms with Crippen LogP contribution in [0.3, 0.4) is 0 Å². The van der Waals surface area contributed by atoms with Gasteiger partial charge >= 0.3 is 11.9 Å². The van der Waals surface area contributed by atoms with E-state index in [0.717, 1.165) is 11.1 Å². The van der Waals surface area contributed by atoms with Crippen molar-refractivity contribution in [3.05, 3.63) is 65.2 Å². The van der Waals surface area contributed by atoms with Gasteiger partial charge in [-0.25, -0.2) is 4.79 Å². The molecular formula is C16H14O4S. The van der Waals surface area contributed by atoms with E-state index < -0.39 is 11.9 Å². The molecule has 0 heterocycles. The minimum atomic E-state index is -0.961. The Labute approximate surface area is 126 Å². The van der Waals surface area contributed by atoms with E-state index in [1.807, 2.05) is 12.1 Å². The number of thioether (sulfide) groups is 1. The van der Waals surface area contributed by atoms with Crippen LogP contribution >= 0.6 is 11.8 Å². The van der Waals surface area contributed by atoms with Gasteiger partial charge in [0.25, 0.3) is 0 Å². The molecule has 0 aliphatic heterocycles. The molecule has 0 saturated carbocycles. The number of hydrogen-bond acceptors (Lipinski definition) is 3. The van der Waals surface area contributed by atoms with Gasteiger partial charge in [-0.1, -0.05) is 36.4 Å². The van der Waals surface area contributed by atoms with Crippen LogP contribution in [0.1, 0.15) is 21.5 Å². The molecular weight excluding hydrogens is 288 g/mol. The predicted molar refractivity (Wildman–Crippen MR) is 80.7 cm³/mol. The molecule has 0 bridgehead atoms. The first-order valence-corrected chi connectivity index (χ1v) is 7.30. The van der Waals surface area contributed by atoms with Gasteiger partial charge in [0.15, 0.2) is 0 Å². The van der Waals surface area contributed by atoms with Crippen molar-refractivity contribution in [2.24, 2.45) is 0 Å². The van der Waals surface area contributed by atoms with Crippen molar-refractivity contribution in [3.63, 3.8) is 0 Å². The molecule has 0 saturated heterocycles. The Morgan fingerprint density at radius 3 is 2.19 bits per heavy atom. The first kappa shape index (κ1) is 15.1.